The first-order valence-electron chi connectivity index (χ1n) is 7.29. The second-order valence-corrected chi connectivity index (χ2v) is 8.50. The number of benzene rings is 1. The average Bonchev–Trinajstić information content (AvgIpc) is 2.93. The van der Waals surface area contributed by atoms with Crippen LogP contribution in [0.2, 0.25) is 0 Å². The number of para-hydroxylation sites is 1. The molecule has 0 saturated heterocycles. The van der Waals surface area contributed by atoms with Crippen molar-refractivity contribution in [3.05, 3.63) is 23.0 Å². The molecule has 1 fully saturated rings. The first kappa shape index (κ1) is 14.8. The Labute approximate surface area is 130 Å². The molecule has 4 nitrogen and oxygen atoms in total. The quantitative estimate of drug-likeness (QED) is 0.879. The Balaban J connectivity index is 2.12. The van der Waals surface area contributed by atoms with Gasteiger partial charge in [-0.2, -0.15) is 0 Å². The van der Waals surface area contributed by atoms with Crippen LogP contribution in [0, 0.1) is 16.6 Å². The number of imidazole rings is 1. The Morgan fingerprint density at radius 1 is 1.38 bits per heavy atom. The maximum atomic E-state index is 11.9. The molecule has 0 aliphatic heterocycles. The summed E-state index contributed by atoms with van der Waals surface area (Å²) in [5.74, 6) is 1.33. The molecule has 1 aromatic heterocycles. The number of H-pyrrole nitrogens is 1. The zero-order valence-electron chi connectivity index (χ0n) is 12.3. The Morgan fingerprint density at radius 3 is 2.76 bits per heavy atom. The first-order chi connectivity index (χ1) is 9.88. The molecule has 1 saturated carbocycles. The lowest BCUT2D eigenvalue weighted by molar-refractivity contribution is 0.366. The van der Waals surface area contributed by atoms with Crippen LogP contribution in [0.4, 0.5) is 0 Å². The minimum atomic E-state index is -3.26. The van der Waals surface area contributed by atoms with Gasteiger partial charge in [0.25, 0.3) is 0 Å². The predicted molar refractivity (Wildman–Crippen MR) is 86.7 cm³/mol. The number of nitrogens with one attached hydrogen (secondary N) is 1. The van der Waals surface area contributed by atoms with Gasteiger partial charge in [-0.1, -0.05) is 25.8 Å². The van der Waals surface area contributed by atoms with Crippen LogP contribution in [-0.2, 0) is 16.4 Å². The maximum absolute atomic E-state index is 11.9. The van der Waals surface area contributed by atoms with Crippen molar-refractivity contribution in [3.8, 4) is 0 Å². The van der Waals surface area contributed by atoms with E-state index in [2.05, 4.69) is 16.5 Å². The minimum Gasteiger partial charge on any atom is -0.329 e. The molecular weight excluding hydrogens is 304 g/mol. The van der Waals surface area contributed by atoms with Crippen LogP contribution < -0.4 is 0 Å². The molecule has 0 spiro atoms. The van der Waals surface area contributed by atoms with Crippen molar-refractivity contribution in [1.29, 1.82) is 0 Å². The fourth-order valence-corrected chi connectivity index (χ4v) is 4.50. The van der Waals surface area contributed by atoms with Gasteiger partial charge in [0.05, 0.1) is 15.9 Å². The summed E-state index contributed by atoms with van der Waals surface area (Å²) in [5.41, 5.74) is 1.53. The van der Waals surface area contributed by atoms with Gasteiger partial charge in [0.1, 0.15) is 0 Å². The Morgan fingerprint density at radius 2 is 2.14 bits per heavy atom. The number of sulfone groups is 1. The zero-order chi connectivity index (χ0) is 15.2. The lowest BCUT2D eigenvalue weighted by Crippen LogP contribution is -2.13. The summed E-state index contributed by atoms with van der Waals surface area (Å²) in [7, 11) is -3.26. The van der Waals surface area contributed by atoms with Gasteiger partial charge < -0.3 is 9.55 Å². The number of aromatic nitrogens is 2. The van der Waals surface area contributed by atoms with Crippen molar-refractivity contribution < 1.29 is 8.42 Å². The highest BCUT2D eigenvalue weighted by Crippen LogP contribution is 2.33. The normalized spacial score (nSPS) is 23.0. The molecule has 1 heterocycles. The highest BCUT2D eigenvalue weighted by Gasteiger charge is 2.25. The van der Waals surface area contributed by atoms with E-state index in [4.69, 9.17) is 12.2 Å². The summed E-state index contributed by atoms with van der Waals surface area (Å²) in [6.07, 6.45) is 5.00. The van der Waals surface area contributed by atoms with Crippen molar-refractivity contribution in [1.82, 2.24) is 9.55 Å². The van der Waals surface area contributed by atoms with Gasteiger partial charge in [-0.05, 0) is 42.6 Å². The third kappa shape index (κ3) is 2.66. The van der Waals surface area contributed by atoms with Gasteiger partial charge in [-0.15, -0.1) is 0 Å². The topological polar surface area (TPSA) is 54.9 Å². The standard InChI is InChI=1S/C15H20N2O2S2/c1-10-5-3-6-11(10)9-17-12-7-4-8-13(21(2,18)19)14(12)16-15(17)20/h4,7-8,10-11H,3,5-6,9H2,1-2H3,(H,16,20). The van der Waals surface area contributed by atoms with E-state index in [0.717, 1.165) is 12.1 Å². The van der Waals surface area contributed by atoms with Gasteiger partial charge in [-0.25, -0.2) is 8.42 Å². The van der Waals surface area contributed by atoms with E-state index in [1.165, 1.54) is 25.5 Å². The molecule has 3 rings (SSSR count). The fourth-order valence-electron chi connectivity index (χ4n) is 3.37. The maximum Gasteiger partial charge on any atom is 0.178 e. The molecule has 1 aliphatic carbocycles. The Hall–Kier alpha value is -1.14. The van der Waals surface area contributed by atoms with E-state index < -0.39 is 9.84 Å². The molecule has 114 valence electrons. The third-order valence-corrected chi connectivity index (χ3v) is 6.09. The summed E-state index contributed by atoms with van der Waals surface area (Å²) in [6, 6.07) is 5.36. The third-order valence-electron chi connectivity index (χ3n) is 4.63. The van der Waals surface area contributed by atoms with Gasteiger partial charge in [-0.3, -0.25) is 0 Å². The molecule has 2 aromatic rings. The molecule has 2 atom stereocenters. The lowest BCUT2D eigenvalue weighted by atomic mass is 9.98. The molecule has 6 heteroatoms. The number of rotatable bonds is 3. The molecule has 1 aliphatic rings. The smallest absolute Gasteiger partial charge is 0.178 e. The SMILES string of the molecule is CC1CCCC1Cn1c(=S)[nH]c2c(S(C)(=O)=O)cccc21. The molecule has 1 aromatic carbocycles. The van der Waals surface area contributed by atoms with Crippen LogP contribution in [0.15, 0.2) is 23.1 Å². The van der Waals surface area contributed by atoms with Crippen LogP contribution in [0.25, 0.3) is 11.0 Å². The average molecular weight is 324 g/mol. The number of aromatic amines is 1. The van der Waals surface area contributed by atoms with Crippen LogP contribution in [0.1, 0.15) is 26.2 Å². The summed E-state index contributed by atoms with van der Waals surface area (Å²) in [4.78, 5) is 3.41. The van der Waals surface area contributed by atoms with Gasteiger partial charge in [0.2, 0.25) is 0 Å². The van der Waals surface area contributed by atoms with E-state index in [-0.39, 0.29) is 0 Å². The van der Waals surface area contributed by atoms with Crippen molar-refractivity contribution in [2.24, 2.45) is 11.8 Å². The monoisotopic (exact) mass is 324 g/mol. The molecule has 0 amide bonds. The Bertz CT molecular complexity index is 833. The molecule has 21 heavy (non-hydrogen) atoms. The number of nitrogens with zero attached hydrogens (tertiary/aromatic N) is 1. The van der Waals surface area contributed by atoms with E-state index in [1.54, 1.807) is 12.1 Å². The van der Waals surface area contributed by atoms with Crippen molar-refractivity contribution >= 4 is 33.1 Å². The van der Waals surface area contributed by atoms with Crippen molar-refractivity contribution in [3.63, 3.8) is 0 Å². The minimum absolute atomic E-state index is 0.323. The highest BCUT2D eigenvalue weighted by molar-refractivity contribution is 7.91. The Kier molecular flexibility index (Phi) is 3.69. The second kappa shape index (κ2) is 5.25. The van der Waals surface area contributed by atoms with Crippen LogP contribution in [0.5, 0.6) is 0 Å². The second-order valence-electron chi connectivity index (χ2n) is 6.13. The van der Waals surface area contributed by atoms with Gasteiger partial charge in [0.15, 0.2) is 14.6 Å². The van der Waals surface area contributed by atoms with Crippen LogP contribution >= 0.6 is 12.2 Å². The molecule has 2 unspecified atom stereocenters. The van der Waals surface area contributed by atoms with Crippen LogP contribution in [-0.4, -0.2) is 24.2 Å². The largest absolute Gasteiger partial charge is 0.329 e. The molecular formula is C15H20N2O2S2. The van der Waals surface area contributed by atoms with E-state index in [0.29, 0.717) is 27.0 Å². The summed E-state index contributed by atoms with van der Waals surface area (Å²) in [5, 5.41) is 0. The van der Waals surface area contributed by atoms with E-state index in [1.807, 2.05) is 6.07 Å². The lowest BCUT2D eigenvalue weighted by Gasteiger charge is -2.16. The van der Waals surface area contributed by atoms with E-state index in [9.17, 15) is 8.42 Å². The predicted octanol–water partition coefficient (Wildman–Crippen LogP) is 3.54. The summed E-state index contributed by atoms with van der Waals surface area (Å²) < 4.78 is 26.5. The highest BCUT2D eigenvalue weighted by atomic mass is 32.2. The van der Waals surface area contributed by atoms with Gasteiger partial charge in [0, 0.05) is 12.8 Å². The summed E-state index contributed by atoms with van der Waals surface area (Å²) in [6.45, 7) is 3.16. The summed E-state index contributed by atoms with van der Waals surface area (Å²) >= 11 is 5.42. The molecule has 1 N–H and O–H groups in total. The van der Waals surface area contributed by atoms with Crippen LogP contribution in [0.3, 0.4) is 0 Å². The first-order valence-corrected chi connectivity index (χ1v) is 9.59. The number of fused-ring (bicyclic) bond motifs is 1. The van der Waals surface area contributed by atoms with Crippen molar-refractivity contribution in [2.45, 2.75) is 37.6 Å². The molecule has 0 radical (unpaired) electrons. The number of hydrogen-bond acceptors (Lipinski definition) is 3. The number of hydrogen-bond donors (Lipinski definition) is 1. The van der Waals surface area contributed by atoms with E-state index >= 15 is 0 Å². The van der Waals surface area contributed by atoms with Gasteiger partial charge >= 0.3 is 0 Å². The van der Waals surface area contributed by atoms with Crippen molar-refractivity contribution in [2.75, 3.05) is 6.26 Å². The zero-order valence-corrected chi connectivity index (χ0v) is 13.9. The fraction of sp³-hybridized carbons (Fsp3) is 0.533. The molecule has 0 bridgehead atoms.